The maximum atomic E-state index is 13.4. The maximum Gasteiger partial charge on any atom is 0.226 e. The van der Waals surface area contributed by atoms with Crippen molar-refractivity contribution in [1.82, 2.24) is 4.90 Å². The summed E-state index contributed by atoms with van der Waals surface area (Å²) in [5.74, 6) is 1.76. The third-order valence-corrected chi connectivity index (χ3v) is 7.60. The van der Waals surface area contributed by atoms with E-state index < -0.39 is 0 Å². The molecule has 2 aromatic rings. The zero-order valence-corrected chi connectivity index (χ0v) is 22.5. The Morgan fingerprint density at radius 2 is 1.61 bits per heavy atom. The number of carbonyl (C=O) groups excluding carboxylic acids is 1. The van der Waals surface area contributed by atoms with Gasteiger partial charge in [-0.15, -0.1) is 6.58 Å². The van der Waals surface area contributed by atoms with Crippen molar-refractivity contribution in [3.8, 4) is 0 Å². The van der Waals surface area contributed by atoms with Crippen LogP contribution in [0, 0.1) is 11.8 Å². The van der Waals surface area contributed by atoms with Gasteiger partial charge < -0.3 is 4.90 Å². The zero-order valence-electron chi connectivity index (χ0n) is 20.2. The number of rotatable bonds is 8. The van der Waals surface area contributed by atoms with Crippen LogP contribution in [-0.4, -0.2) is 27.9 Å². The Kier molecular flexibility index (Phi) is 11.9. The van der Waals surface area contributed by atoms with Gasteiger partial charge in [0.15, 0.2) is 0 Å². The van der Waals surface area contributed by atoms with Gasteiger partial charge in [-0.1, -0.05) is 87.3 Å². The predicted octanol–water partition coefficient (Wildman–Crippen LogP) is 8.70. The fraction of sp³-hybridized carbons (Fsp3) is 0.464. The molecule has 180 valence electrons. The first-order valence-corrected chi connectivity index (χ1v) is 13.6. The number of likely N-dealkylation sites (tertiary alicyclic amines) is 1. The van der Waals surface area contributed by atoms with Crippen LogP contribution in [0.4, 0.5) is 0 Å². The molecular weight excluding hydrogens is 469 g/mol. The summed E-state index contributed by atoms with van der Waals surface area (Å²) in [6.45, 7) is 12.8. The van der Waals surface area contributed by atoms with Gasteiger partial charge in [0.2, 0.25) is 5.91 Å². The van der Waals surface area contributed by atoms with Crippen molar-refractivity contribution < 1.29 is 4.79 Å². The minimum absolute atomic E-state index is 0.0707. The number of allylic oxidation sites excluding steroid dienone is 1. The van der Waals surface area contributed by atoms with Gasteiger partial charge in [0.25, 0.3) is 0 Å². The lowest BCUT2D eigenvalue weighted by atomic mass is 9.84. The van der Waals surface area contributed by atoms with Crippen LogP contribution >= 0.6 is 35.0 Å². The van der Waals surface area contributed by atoms with Gasteiger partial charge in [0.05, 0.1) is 6.04 Å². The molecule has 0 bridgehead atoms. The molecule has 0 aromatic heterocycles. The molecule has 1 fully saturated rings. The lowest BCUT2D eigenvalue weighted by Gasteiger charge is -2.46. The van der Waals surface area contributed by atoms with Crippen LogP contribution in [0.5, 0.6) is 0 Å². The number of benzene rings is 2. The molecule has 1 amide bonds. The van der Waals surface area contributed by atoms with Gasteiger partial charge in [-0.2, -0.15) is 11.8 Å². The van der Waals surface area contributed by atoms with Crippen molar-refractivity contribution in [3.05, 3.63) is 82.9 Å². The summed E-state index contributed by atoms with van der Waals surface area (Å²) in [6, 6.07) is 17.8. The van der Waals surface area contributed by atoms with Crippen LogP contribution in [-0.2, 0) is 4.79 Å². The van der Waals surface area contributed by atoms with Crippen molar-refractivity contribution >= 4 is 40.9 Å². The van der Waals surface area contributed by atoms with Crippen LogP contribution in [0.3, 0.4) is 0 Å². The standard InChI is InChI=1S/C22H32ClNOS.C6H5Cl/c1-6-7-18-10-13-20(17-8-11-19(23)12-9-17)24(22(18)25)21(15(2)3)14-26-16(4)5;7-6-4-2-1-3-5-6/h6,8-9,11-12,15-16,18,20-21H,1,7,10,13-14H2,2-5H3;1-5H. The molecule has 1 saturated heterocycles. The predicted molar refractivity (Wildman–Crippen MR) is 146 cm³/mol. The molecule has 2 aromatic carbocycles. The normalized spacial score (nSPS) is 19.3. The van der Waals surface area contributed by atoms with E-state index in [0.29, 0.717) is 17.1 Å². The summed E-state index contributed by atoms with van der Waals surface area (Å²) < 4.78 is 0. The molecule has 1 aliphatic rings. The lowest BCUT2D eigenvalue weighted by Crippen LogP contribution is -2.52. The fourth-order valence-corrected chi connectivity index (χ4v) is 5.51. The molecule has 3 atom stereocenters. The minimum atomic E-state index is 0.0707. The summed E-state index contributed by atoms with van der Waals surface area (Å²) in [5.41, 5.74) is 1.19. The third-order valence-electron chi connectivity index (χ3n) is 5.89. The number of carbonyl (C=O) groups is 1. The first kappa shape index (κ1) is 27.8. The third kappa shape index (κ3) is 8.70. The number of halogens is 2. The first-order chi connectivity index (χ1) is 15.7. The molecule has 3 unspecified atom stereocenters. The lowest BCUT2D eigenvalue weighted by molar-refractivity contribution is -0.145. The molecule has 0 spiro atoms. The maximum absolute atomic E-state index is 13.4. The van der Waals surface area contributed by atoms with Gasteiger partial charge in [0, 0.05) is 27.8 Å². The highest BCUT2D eigenvalue weighted by atomic mass is 35.5. The Hall–Kier alpha value is -1.42. The van der Waals surface area contributed by atoms with Crippen molar-refractivity contribution in [2.45, 2.75) is 64.3 Å². The zero-order chi connectivity index (χ0) is 24.4. The second kappa shape index (κ2) is 14.1. The molecule has 0 saturated carbocycles. The molecule has 5 heteroatoms. The van der Waals surface area contributed by atoms with E-state index in [0.717, 1.165) is 35.1 Å². The summed E-state index contributed by atoms with van der Waals surface area (Å²) >= 11 is 13.6. The molecule has 3 rings (SSSR count). The number of hydrogen-bond donors (Lipinski definition) is 0. The fourth-order valence-electron chi connectivity index (χ4n) is 4.11. The molecule has 0 radical (unpaired) electrons. The summed E-state index contributed by atoms with van der Waals surface area (Å²) in [6.07, 6.45) is 4.58. The number of piperidine rings is 1. The highest BCUT2D eigenvalue weighted by molar-refractivity contribution is 7.99. The van der Waals surface area contributed by atoms with E-state index in [2.05, 4.69) is 51.3 Å². The van der Waals surface area contributed by atoms with Gasteiger partial charge in [0.1, 0.15) is 0 Å². The van der Waals surface area contributed by atoms with E-state index in [1.807, 2.05) is 60.3 Å². The van der Waals surface area contributed by atoms with Crippen molar-refractivity contribution in [1.29, 1.82) is 0 Å². The second-order valence-electron chi connectivity index (χ2n) is 9.10. The quantitative estimate of drug-likeness (QED) is 0.334. The van der Waals surface area contributed by atoms with Crippen molar-refractivity contribution in [2.24, 2.45) is 11.8 Å². The molecular formula is C28H37Cl2NOS. The first-order valence-electron chi connectivity index (χ1n) is 11.7. The van der Waals surface area contributed by atoms with Crippen LogP contribution in [0.1, 0.15) is 58.6 Å². The Morgan fingerprint density at radius 1 is 1.00 bits per heavy atom. The Morgan fingerprint density at radius 3 is 2.09 bits per heavy atom. The largest absolute Gasteiger partial charge is 0.331 e. The van der Waals surface area contributed by atoms with Gasteiger partial charge in [-0.3, -0.25) is 4.79 Å². The molecule has 0 N–H and O–H groups in total. The van der Waals surface area contributed by atoms with Crippen LogP contribution in [0.25, 0.3) is 0 Å². The summed E-state index contributed by atoms with van der Waals surface area (Å²) in [7, 11) is 0. The number of thioether (sulfide) groups is 1. The van der Waals surface area contributed by atoms with E-state index >= 15 is 0 Å². The van der Waals surface area contributed by atoms with Crippen LogP contribution in [0.15, 0.2) is 67.3 Å². The topological polar surface area (TPSA) is 20.3 Å². The highest BCUT2D eigenvalue weighted by Crippen LogP contribution is 2.39. The molecule has 1 aliphatic heterocycles. The average molecular weight is 507 g/mol. The Labute approximate surface area is 214 Å². The minimum Gasteiger partial charge on any atom is -0.331 e. The molecule has 1 heterocycles. The molecule has 2 nitrogen and oxygen atoms in total. The van der Waals surface area contributed by atoms with Crippen molar-refractivity contribution in [2.75, 3.05) is 5.75 Å². The second-order valence-corrected chi connectivity index (χ2v) is 11.6. The van der Waals surface area contributed by atoms with Crippen molar-refractivity contribution in [3.63, 3.8) is 0 Å². The van der Waals surface area contributed by atoms with Crippen LogP contribution < -0.4 is 0 Å². The van der Waals surface area contributed by atoms with Gasteiger partial charge >= 0.3 is 0 Å². The van der Waals surface area contributed by atoms with Gasteiger partial charge in [-0.25, -0.2) is 0 Å². The SMILES string of the molecule is C=CCC1CCC(c2ccc(Cl)cc2)N(C(CSC(C)C)C(C)C)C1=O.Clc1ccccc1. The number of nitrogens with zero attached hydrogens (tertiary/aromatic N) is 1. The molecule has 33 heavy (non-hydrogen) atoms. The average Bonchev–Trinajstić information content (AvgIpc) is 2.77. The van der Waals surface area contributed by atoms with E-state index in [1.165, 1.54) is 5.56 Å². The Balaban J connectivity index is 0.000000468. The van der Waals surface area contributed by atoms with E-state index in [1.54, 1.807) is 0 Å². The number of hydrogen-bond acceptors (Lipinski definition) is 2. The van der Waals surface area contributed by atoms with E-state index in [-0.39, 0.29) is 18.0 Å². The van der Waals surface area contributed by atoms with E-state index in [9.17, 15) is 4.79 Å². The molecule has 0 aliphatic carbocycles. The summed E-state index contributed by atoms with van der Waals surface area (Å²) in [4.78, 5) is 15.6. The highest BCUT2D eigenvalue weighted by Gasteiger charge is 2.40. The summed E-state index contributed by atoms with van der Waals surface area (Å²) in [5, 5.41) is 2.10. The van der Waals surface area contributed by atoms with Gasteiger partial charge in [-0.05, 0) is 60.3 Å². The Bertz CT molecular complexity index is 854. The van der Waals surface area contributed by atoms with E-state index in [4.69, 9.17) is 23.2 Å². The monoisotopic (exact) mass is 505 g/mol. The van der Waals surface area contributed by atoms with Crippen LogP contribution in [0.2, 0.25) is 10.0 Å². The number of amides is 1. The smallest absolute Gasteiger partial charge is 0.226 e.